The number of likely N-dealkylation sites (tertiary alicyclic amines) is 1. The number of nitrogens with zero attached hydrogens (tertiary/aromatic N) is 1. The van der Waals surface area contributed by atoms with Gasteiger partial charge in [0.25, 0.3) is 0 Å². The molecule has 2 bridgehead atoms. The van der Waals surface area contributed by atoms with Gasteiger partial charge in [-0.1, -0.05) is 62.4 Å². The Balaban J connectivity index is 1.38. The molecule has 3 amide bonds. The lowest BCUT2D eigenvalue weighted by Crippen LogP contribution is -2.56. The Labute approximate surface area is 240 Å². The average molecular weight is 556 g/mol. The first-order valence-electron chi connectivity index (χ1n) is 14.5. The average Bonchev–Trinajstić information content (AvgIpc) is 3.52. The van der Waals surface area contributed by atoms with E-state index in [1.165, 1.54) is 4.90 Å². The minimum absolute atomic E-state index is 0.175. The van der Waals surface area contributed by atoms with Gasteiger partial charge < -0.3 is 25.4 Å². The molecule has 6 rings (SSSR count). The number of nitrogens with one attached hydrogen (secondary N) is 2. The molecule has 3 heterocycles. The summed E-state index contributed by atoms with van der Waals surface area (Å²) in [6, 6.07) is 21.2. The number of para-hydroxylation sites is 1. The SMILES string of the molecule is CC(C)C[C@H](CO)N1C(=O)[C@@H]2[C@@H](C(=O)Nc3ccccc3)[C@@]3(C)CCC2(O3)C1C(=O)Nc1ccc2ccccc2c1. The van der Waals surface area contributed by atoms with Gasteiger partial charge in [0.1, 0.15) is 11.6 Å². The predicted molar refractivity (Wildman–Crippen MR) is 157 cm³/mol. The number of carbonyl (C=O) groups excluding carboxylic acids is 3. The van der Waals surface area contributed by atoms with E-state index in [0.717, 1.165) is 10.8 Å². The molecule has 8 nitrogen and oxygen atoms in total. The quantitative estimate of drug-likeness (QED) is 0.377. The third-order valence-electron chi connectivity index (χ3n) is 9.15. The summed E-state index contributed by atoms with van der Waals surface area (Å²) in [7, 11) is 0. The van der Waals surface area contributed by atoms with Crippen LogP contribution >= 0.6 is 0 Å². The topological polar surface area (TPSA) is 108 Å². The van der Waals surface area contributed by atoms with E-state index in [-0.39, 0.29) is 30.2 Å². The van der Waals surface area contributed by atoms with Gasteiger partial charge in [0.2, 0.25) is 17.7 Å². The number of benzene rings is 3. The zero-order valence-corrected chi connectivity index (χ0v) is 23.7. The highest BCUT2D eigenvalue weighted by Crippen LogP contribution is 2.63. The van der Waals surface area contributed by atoms with Gasteiger partial charge in [0.05, 0.1) is 30.1 Å². The minimum Gasteiger partial charge on any atom is -0.394 e. The summed E-state index contributed by atoms with van der Waals surface area (Å²) >= 11 is 0. The van der Waals surface area contributed by atoms with Gasteiger partial charge in [-0.3, -0.25) is 14.4 Å². The fourth-order valence-corrected chi connectivity index (χ4v) is 7.50. The normalized spacial score (nSPS) is 29.1. The van der Waals surface area contributed by atoms with E-state index in [2.05, 4.69) is 10.6 Å². The number of aliphatic hydroxyl groups is 1. The van der Waals surface area contributed by atoms with Crippen LogP contribution < -0.4 is 10.6 Å². The van der Waals surface area contributed by atoms with Crippen LogP contribution in [0, 0.1) is 17.8 Å². The molecular formula is C33H37N3O5. The lowest BCUT2D eigenvalue weighted by molar-refractivity contribution is -0.147. The van der Waals surface area contributed by atoms with Crippen molar-refractivity contribution in [3.05, 3.63) is 72.8 Å². The number of aliphatic hydroxyl groups excluding tert-OH is 1. The maximum atomic E-state index is 14.4. The van der Waals surface area contributed by atoms with Crippen LogP contribution in [0.25, 0.3) is 10.8 Å². The highest BCUT2D eigenvalue weighted by atomic mass is 16.5. The van der Waals surface area contributed by atoms with E-state index in [4.69, 9.17) is 4.74 Å². The minimum atomic E-state index is -1.17. The molecule has 3 aromatic rings. The first-order valence-corrected chi connectivity index (χ1v) is 14.5. The van der Waals surface area contributed by atoms with Crippen LogP contribution in [0.1, 0.15) is 40.0 Å². The second-order valence-electron chi connectivity index (χ2n) is 12.3. The van der Waals surface area contributed by atoms with Gasteiger partial charge in [0.15, 0.2) is 0 Å². The molecule has 8 heteroatoms. The molecule has 3 aliphatic heterocycles. The second-order valence-corrected chi connectivity index (χ2v) is 12.3. The van der Waals surface area contributed by atoms with Gasteiger partial charge in [-0.15, -0.1) is 0 Å². The van der Waals surface area contributed by atoms with Crippen molar-refractivity contribution >= 4 is 39.9 Å². The fraction of sp³-hybridized carbons (Fsp3) is 0.424. The molecule has 3 aliphatic rings. The fourth-order valence-electron chi connectivity index (χ4n) is 7.50. The molecule has 3 fully saturated rings. The van der Waals surface area contributed by atoms with Crippen LogP contribution in [0.2, 0.25) is 0 Å². The Morgan fingerprint density at radius 1 is 0.951 bits per heavy atom. The summed E-state index contributed by atoms with van der Waals surface area (Å²) in [5.74, 6) is -2.40. The highest BCUT2D eigenvalue weighted by molar-refractivity contribution is 6.06. The molecule has 6 atom stereocenters. The number of anilines is 2. The summed E-state index contributed by atoms with van der Waals surface area (Å²) in [6.07, 6.45) is 1.54. The summed E-state index contributed by atoms with van der Waals surface area (Å²) in [5, 5.41) is 18.5. The number of amides is 3. The highest BCUT2D eigenvalue weighted by Gasteiger charge is 2.78. The van der Waals surface area contributed by atoms with E-state index in [0.29, 0.717) is 30.6 Å². The van der Waals surface area contributed by atoms with Crippen LogP contribution in [0.5, 0.6) is 0 Å². The summed E-state index contributed by atoms with van der Waals surface area (Å²) in [5.41, 5.74) is -0.809. The summed E-state index contributed by atoms with van der Waals surface area (Å²) < 4.78 is 6.72. The molecule has 3 saturated heterocycles. The van der Waals surface area contributed by atoms with E-state index in [1.807, 2.05) is 81.4 Å². The first-order chi connectivity index (χ1) is 19.7. The van der Waals surface area contributed by atoms with E-state index >= 15 is 0 Å². The van der Waals surface area contributed by atoms with E-state index in [1.54, 1.807) is 12.1 Å². The standard InChI is InChI=1S/C33H37N3O5/c1-20(2)17-25(19-37)36-28(30(39)35-24-14-13-21-9-7-8-10-22(21)18-24)33-16-15-32(3,41-33)26(27(33)31(36)40)29(38)34-23-11-5-4-6-12-23/h4-14,18,20,25-28,37H,15-17,19H2,1-3H3,(H,34,38)(H,35,39)/t25-,26+,27+,28?,32-,33?/m1/s1. The third-order valence-corrected chi connectivity index (χ3v) is 9.15. The van der Waals surface area contributed by atoms with Crippen molar-refractivity contribution in [2.75, 3.05) is 17.2 Å². The number of carbonyl (C=O) groups is 3. The van der Waals surface area contributed by atoms with Crippen molar-refractivity contribution in [2.24, 2.45) is 17.8 Å². The Morgan fingerprint density at radius 2 is 1.63 bits per heavy atom. The summed E-state index contributed by atoms with van der Waals surface area (Å²) in [4.78, 5) is 44.0. The van der Waals surface area contributed by atoms with Crippen molar-refractivity contribution in [3.63, 3.8) is 0 Å². The summed E-state index contributed by atoms with van der Waals surface area (Å²) in [6.45, 7) is 5.63. The molecule has 214 valence electrons. The Morgan fingerprint density at radius 3 is 2.34 bits per heavy atom. The van der Waals surface area contributed by atoms with Crippen LogP contribution in [0.3, 0.4) is 0 Å². The van der Waals surface area contributed by atoms with Gasteiger partial charge in [-0.05, 0) is 67.1 Å². The van der Waals surface area contributed by atoms with Gasteiger partial charge in [-0.2, -0.15) is 0 Å². The zero-order valence-electron chi connectivity index (χ0n) is 23.7. The molecule has 3 aromatic carbocycles. The van der Waals surface area contributed by atoms with Crippen molar-refractivity contribution in [3.8, 4) is 0 Å². The number of hydrogen-bond acceptors (Lipinski definition) is 5. The Bertz CT molecular complexity index is 1490. The molecular weight excluding hydrogens is 518 g/mol. The Hall–Kier alpha value is -3.75. The zero-order chi connectivity index (χ0) is 28.9. The van der Waals surface area contributed by atoms with Crippen LogP contribution in [-0.4, -0.2) is 57.6 Å². The molecule has 2 unspecified atom stereocenters. The lowest BCUT2D eigenvalue weighted by Gasteiger charge is -2.37. The van der Waals surface area contributed by atoms with Gasteiger partial charge in [0, 0.05) is 11.4 Å². The molecule has 41 heavy (non-hydrogen) atoms. The predicted octanol–water partition coefficient (Wildman–Crippen LogP) is 4.59. The smallest absolute Gasteiger partial charge is 0.250 e. The monoisotopic (exact) mass is 555 g/mol. The van der Waals surface area contributed by atoms with E-state index < -0.39 is 35.1 Å². The third kappa shape index (κ3) is 4.50. The molecule has 3 N–H and O–H groups in total. The number of ether oxygens (including phenoxy) is 1. The number of rotatable bonds is 8. The van der Waals surface area contributed by atoms with Gasteiger partial charge in [-0.25, -0.2) is 0 Å². The second kappa shape index (κ2) is 10.3. The van der Waals surface area contributed by atoms with Crippen LogP contribution in [-0.2, 0) is 19.1 Å². The van der Waals surface area contributed by atoms with Crippen molar-refractivity contribution in [1.82, 2.24) is 4.90 Å². The van der Waals surface area contributed by atoms with Crippen molar-refractivity contribution < 1.29 is 24.2 Å². The van der Waals surface area contributed by atoms with Crippen molar-refractivity contribution in [2.45, 2.75) is 63.3 Å². The largest absolute Gasteiger partial charge is 0.394 e. The number of fused-ring (bicyclic) bond motifs is 2. The Kier molecular flexibility index (Phi) is 6.86. The van der Waals surface area contributed by atoms with Crippen LogP contribution in [0.15, 0.2) is 72.8 Å². The molecule has 0 aromatic heterocycles. The van der Waals surface area contributed by atoms with E-state index in [9.17, 15) is 19.5 Å². The molecule has 0 radical (unpaired) electrons. The maximum Gasteiger partial charge on any atom is 0.250 e. The first kappa shape index (κ1) is 27.4. The maximum absolute atomic E-state index is 14.4. The number of hydrogen-bond donors (Lipinski definition) is 3. The molecule has 0 saturated carbocycles. The van der Waals surface area contributed by atoms with Crippen LogP contribution in [0.4, 0.5) is 11.4 Å². The lowest BCUT2D eigenvalue weighted by atomic mass is 9.66. The van der Waals surface area contributed by atoms with Gasteiger partial charge >= 0.3 is 0 Å². The van der Waals surface area contributed by atoms with Crippen molar-refractivity contribution in [1.29, 1.82) is 0 Å². The molecule has 1 spiro atoms. The molecule has 0 aliphatic carbocycles.